The Morgan fingerprint density at radius 1 is 1.17 bits per heavy atom. The van der Waals surface area contributed by atoms with Gasteiger partial charge in [-0.25, -0.2) is 4.79 Å². The van der Waals surface area contributed by atoms with Gasteiger partial charge in [0.15, 0.2) is 0 Å². The maximum absolute atomic E-state index is 12.8. The van der Waals surface area contributed by atoms with Crippen LogP contribution in [0.25, 0.3) is 5.57 Å². The molecule has 1 aliphatic heterocycles. The third-order valence-electron chi connectivity index (χ3n) is 7.00. The smallest absolute Gasteiger partial charge is 0.475 e. The minimum Gasteiger partial charge on any atom is -0.475 e. The molecule has 0 bridgehead atoms. The van der Waals surface area contributed by atoms with Crippen LogP contribution in [0.15, 0.2) is 36.5 Å². The zero-order valence-corrected chi connectivity index (χ0v) is 23.1. The number of nitriles is 1. The van der Waals surface area contributed by atoms with Crippen LogP contribution in [-0.4, -0.2) is 77.6 Å². The molecule has 2 aliphatic rings. The average Bonchev–Trinajstić information content (AvgIpc) is 3.43. The van der Waals surface area contributed by atoms with Crippen molar-refractivity contribution in [2.45, 2.75) is 50.6 Å². The van der Waals surface area contributed by atoms with Gasteiger partial charge in [0.2, 0.25) is 5.91 Å². The molecular formula is C29H34F3N5O4. The van der Waals surface area contributed by atoms with E-state index >= 15 is 0 Å². The minimum absolute atomic E-state index is 0.193. The number of carboxylic acids is 1. The highest BCUT2D eigenvalue weighted by atomic mass is 19.4. The Hall–Kier alpha value is -4.11. The predicted molar refractivity (Wildman–Crippen MR) is 147 cm³/mol. The van der Waals surface area contributed by atoms with Crippen molar-refractivity contribution in [3.05, 3.63) is 58.9 Å². The number of amides is 2. The third-order valence-corrected chi connectivity index (χ3v) is 7.00. The second-order valence-corrected chi connectivity index (χ2v) is 10.3. The first-order chi connectivity index (χ1) is 19.4. The SMILES string of the molecule is CN(C)CC(=O)N1CCC(c2ccc(NC(=O)c3cc(C#N)c[nH]3)c(C3=CCCCC3)c2)CC1.O=C(O)C(F)(F)F. The summed E-state index contributed by atoms with van der Waals surface area (Å²) in [6.45, 7) is 2.01. The molecule has 1 aromatic carbocycles. The Kier molecular flexibility index (Phi) is 10.7. The number of piperidine rings is 1. The molecule has 2 aromatic rings. The van der Waals surface area contributed by atoms with E-state index in [1.54, 1.807) is 6.07 Å². The number of halogens is 3. The van der Waals surface area contributed by atoms with E-state index in [-0.39, 0.29) is 11.8 Å². The molecular weight excluding hydrogens is 539 g/mol. The Morgan fingerprint density at radius 3 is 2.39 bits per heavy atom. The van der Waals surface area contributed by atoms with Crippen molar-refractivity contribution >= 4 is 29.0 Å². The van der Waals surface area contributed by atoms with Gasteiger partial charge in [0.05, 0.1) is 12.1 Å². The number of likely N-dealkylation sites (N-methyl/N-ethyl adjacent to an activating group) is 1. The van der Waals surface area contributed by atoms with E-state index in [4.69, 9.17) is 15.2 Å². The Bertz CT molecular complexity index is 1320. The molecule has 0 spiro atoms. The summed E-state index contributed by atoms with van der Waals surface area (Å²) in [4.78, 5) is 40.9. The zero-order valence-electron chi connectivity index (χ0n) is 23.1. The van der Waals surface area contributed by atoms with Gasteiger partial charge in [-0.1, -0.05) is 12.1 Å². The molecule has 2 amide bonds. The number of hydrogen-bond donors (Lipinski definition) is 3. The lowest BCUT2D eigenvalue weighted by molar-refractivity contribution is -0.192. The fourth-order valence-electron chi connectivity index (χ4n) is 4.89. The number of likely N-dealkylation sites (tertiary alicyclic amines) is 1. The van der Waals surface area contributed by atoms with Gasteiger partial charge in [-0.15, -0.1) is 0 Å². The summed E-state index contributed by atoms with van der Waals surface area (Å²) in [6.07, 6.45) is 5.06. The fraction of sp³-hybridized carbons (Fsp3) is 0.448. The minimum atomic E-state index is -5.08. The van der Waals surface area contributed by atoms with Crippen LogP contribution in [0.5, 0.6) is 0 Å². The Balaban J connectivity index is 0.000000587. The number of benzene rings is 1. The van der Waals surface area contributed by atoms with Crippen LogP contribution in [0.3, 0.4) is 0 Å². The highest BCUT2D eigenvalue weighted by molar-refractivity contribution is 6.04. The van der Waals surface area contributed by atoms with Crippen molar-refractivity contribution in [3.8, 4) is 6.07 Å². The summed E-state index contributed by atoms with van der Waals surface area (Å²) in [5, 5.41) is 19.2. The molecule has 0 atom stereocenters. The van der Waals surface area contributed by atoms with Gasteiger partial charge in [-0.2, -0.15) is 18.4 Å². The molecule has 2 heterocycles. The molecule has 220 valence electrons. The number of nitrogens with zero attached hydrogens (tertiary/aromatic N) is 3. The van der Waals surface area contributed by atoms with Crippen LogP contribution in [-0.2, 0) is 9.59 Å². The van der Waals surface area contributed by atoms with Crippen LogP contribution in [0.4, 0.5) is 18.9 Å². The van der Waals surface area contributed by atoms with E-state index < -0.39 is 12.1 Å². The molecule has 0 unspecified atom stereocenters. The van der Waals surface area contributed by atoms with Crippen LogP contribution >= 0.6 is 0 Å². The molecule has 0 radical (unpaired) electrons. The molecule has 1 fully saturated rings. The van der Waals surface area contributed by atoms with Gasteiger partial charge in [-0.3, -0.25) is 9.59 Å². The number of alkyl halides is 3. The van der Waals surface area contributed by atoms with E-state index in [0.717, 1.165) is 56.4 Å². The lowest BCUT2D eigenvalue weighted by atomic mass is 9.85. The van der Waals surface area contributed by atoms with Gasteiger partial charge < -0.3 is 25.2 Å². The molecule has 1 aliphatic carbocycles. The largest absolute Gasteiger partial charge is 0.490 e. The average molecular weight is 574 g/mol. The number of carbonyl (C=O) groups excluding carboxylic acids is 2. The predicted octanol–water partition coefficient (Wildman–Crippen LogP) is 5.00. The molecule has 1 saturated heterocycles. The first kappa shape index (κ1) is 31.4. The van der Waals surface area contributed by atoms with Crippen molar-refractivity contribution < 1.29 is 32.7 Å². The quantitative estimate of drug-likeness (QED) is 0.446. The third kappa shape index (κ3) is 8.94. The lowest BCUT2D eigenvalue weighted by Gasteiger charge is -2.33. The number of carboxylic acid groups (broad SMARTS) is 1. The van der Waals surface area contributed by atoms with Gasteiger partial charge in [0.25, 0.3) is 5.91 Å². The fourth-order valence-corrected chi connectivity index (χ4v) is 4.89. The number of anilines is 1. The highest BCUT2D eigenvalue weighted by Gasteiger charge is 2.38. The van der Waals surface area contributed by atoms with Crippen molar-refractivity contribution in [3.63, 3.8) is 0 Å². The summed E-state index contributed by atoms with van der Waals surface area (Å²) in [6, 6.07) is 9.97. The zero-order chi connectivity index (χ0) is 30.2. The van der Waals surface area contributed by atoms with Crippen molar-refractivity contribution in [1.82, 2.24) is 14.8 Å². The number of allylic oxidation sites excluding steroid dienone is 2. The van der Waals surface area contributed by atoms with Gasteiger partial charge >= 0.3 is 12.1 Å². The summed E-state index contributed by atoms with van der Waals surface area (Å²) in [7, 11) is 3.84. The molecule has 4 rings (SSSR count). The molecule has 9 nitrogen and oxygen atoms in total. The molecule has 12 heteroatoms. The van der Waals surface area contributed by atoms with Gasteiger partial charge in [0, 0.05) is 30.5 Å². The first-order valence-electron chi connectivity index (χ1n) is 13.3. The molecule has 41 heavy (non-hydrogen) atoms. The second-order valence-electron chi connectivity index (χ2n) is 10.3. The second kappa shape index (κ2) is 14.0. The van der Waals surface area contributed by atoms with E-state index in [1.807, 2.05) is 36.0 Å². The van der Waals surface area contributed by atoms with Crippen molar-refractivity contribution in [2.24, 2.45) is 0 Å². The van der Waals surface area contributed by atoms with Crippen molar-refractivity contribution in [2.75, 3.05) is 39.0 Å². The summed E-state index contributed by atoms with van der Waals surface area (Å²) < 4.78 is 31.7. The Labute approximate surface area is 236 Å². The molecule has 1 aromatic heterocycles. The normalized spacial score (nSPS) is 15.8. The van der Waals surface area contributed by atoms with Gasteiger partial charge in [0.1, 0.15) is 11.8 Å². The summed E-state index contributed by atoms with van der Waals surface area (Å²) in [5.74, 6) is -2.41. The number of aromatic amines is 1. The van der Waals surface area contributed by atoms with Crippen molar-refractivity contribution in [1.29, 1.82) is 5.26 Å². The van der Waals surface area contributed by atoms with E-state index in [2.05, 4.69) is 28.5 Å². The summed E-state index contributed by atoms with van der Waals surface area (Å²) >= 11 is 0. The van der Waals surface area contributed by atoms with Gasteiger partial charge in [-0.05, 0) is 87.9 Å². The van der Waals surface area contributed by atoms with Crippen LogP contribution in [0.2, 0.25) is 0 Å². The Morgan fingerprint density at radius 2 is 1.85 bits per heavy atom. The standard InChI is InChI=1S/C27H33N5O2.C2HF3O2/c1-31(2)18-26(33)32-12-10-20(11-13-32)22-8-9-24(23(15-22)21-6-4-3-5-7-21)30-27(34)25-14-19(16-28)17-29-25;3-2(4,5)1(6)7/h6,8-9,14-15,17,20,29H,3-5,7,10-13,18H2,1-2H3,(H,30,34);(H,6,7). The molecule has 0 saturated carbocycles. The van der Waals surface area contributed by atoms with Crippen LogP contribution in [0, 0.1) is 11.3 Å². The number of hydrogen-bond acceptors (Lipinski definition) is 5. The summed E-state index contributed by atoms with van der Waals surface area (Å²) in [5.41, 5.74) is 5.25. The first-order valence-corrected chi connectivity index (χ1v) is 13.3. The maximum Gasteiger partial charge on any atom is 0.490 e. The highest BCUT2D eigenvalue weighted by Crippen LogP contribution is 2.36. The number of aliphatic carboxylic acids is 1. The topological polar surface area (TPSA) is 130 Å². The number of aromatic nitrogens is 1. The van der Waals surface area contributed by atoms with Crippen LogP contribution < -0.4 is 5.32 Å². The molecule has 3 N–H and O–H groups in total. The van der Waals surface area contributed by atoms with Crippen LogP contribution in [0.1, 0.15) is 71.6 Å². The van der Waals surface area contributed by atoms with E-state index in [9.17, 15) is 22.8 Å². The maximum atomic E-state index is 12.8. The lowest BCUT2D eigenvalue weighted by Crippen LogP contribution is -2.42. The number of carbonyl (C=O) groups is 3. The van der Waals surface area contributed by atoms with E-state index in [0.29, 0.717) is 23.7 Å². The number of rotatable bonds is 6. The van der Waals surface area contributed by atoms with E-state index in [1.165, 1.54) is 23.8 Å². The monoisotopic (exact) mass is 573 g/mol. The number of nitrogens with one attached hydrogen (secondary N) is 2. The number of H-pyrrole nitrogens is 1.